The van der Waals surface area contributed by atoms with Gasteiger partial charge in [-0.15, -0.1) is 0 Å². The third-order valence-electron chi connectivity index (χ3n) is 6.16. The van der Waals surface area contributed by atoms with E-state index in [4.69, 9.17) is 12.6 Å². The third-order valence-corrected chi connectivity index (χ3v) is 8.00. The Morgan fingerprint density at radius 2 is 1.35 bits per heavy atom. The molecule has 0 amide bonds. The number of hydrogen-bond donors (Lipinski definition) is 0. The lowest BCUT2D eigenvalue weighted by Gasteiger charge is -2.27. The number of benzene rings is 2. The summed E-state index contributed by atoms with van der Waals surface area (Å²) >= 11 is -2.32. The second kappa shape index (κ2) is 9.26. The molecule has 1 aliphatic heterocycles. The smallest absolute Gasteiger partial charge is 0.610 e. The molecule has 6 rings (SSSR count). The highest BCUT2D eigenvalue weighted by atomic mass is 27.2. The zero-order chi connectivity index (χ0) is 22.7. The van der Waals surface area contributed by atoms with Crippen molar-refractivity contribution in [2.75, 3.05) is 0 Å². The summed E-state index contributed by atoms with van der Waals surface area (Å²) in [7, 11) is 0. The van der Waals surface area contributed by atoms with E-state index in [9.17, 15) is 0 Å². The molecule has 0 saturated heterocycles. The lowest BCUT2D eigenvalue weighted by Crippen LogP contribution is -2.34. The standard InChI is InChI=1S/C10H10N.2C9H7NO.Al/c1-8-4-2-5-9-6-3-7-11-10(8)9;2*11-8-5-1-3-7-4-2-6-10-9(7)8;/h2-7,9-10H,1H2;2*1-6,11H;/q;;;+2/p-2. The quantitative estimate of drug-likeness (QED) is 0.340. The zero-order valence-electron chi connectivity index (χ0n) is 18.5. The first kappa shape index (κ1) is 20.9. The van der Waals surface area contributed by atoms with Crippen LogP contribution in [0, 0.1) is 5.92 Å². The van der Waals surface area contributed by atoms with Crippen molar-refractivity contribution in [3.63, 3.8) is 0 Å². The number of rotatable bonds is 6. The van der Waals surface area contributed by atoms with Crippen LogP contribution in [-0.2, 0) is 0 Å². The average molecular weight is 459 g/mol. The summed E-state index contributed by atoms with van der Waals surface area (Å²) in [5.41, 5.74) is 2.92. The maximum atomic E-state index is 6.65. The van der Waals surface area contributed by atoms with Crippen LogP contribution in [0.3, 0.4) is 0 Å². The number of aliphatic imine (C=N–C) groups is 1. The molecule has 6 heteroatoms. The van der Waals surface area contributed by atoms with Crippen LogP contribution < -0.4 is 7.58 Å². The predicted molar refractivity (Wildman–Crippen MR) is 137 cm³/mol. The van der Waals surface area contributed by atoms with Gasteiger partial charge >= 0.3 is 14.8 Å². The van der Waals surface area contributed by atoms with Crippen LogP contribution in [0.5, 0.6) is 11.5 Å². The van der Waals surface area contributed by atoms with Gasteiger partial charge in [-0.25, -0.2) is 0 Å². The van der Waals surface area contributed by atoms with Gasteiger partial charge < -0.3 is 7.58 Å². The van der Waals surface area contributed by atoms with Crippen LogP contribution in [0.15, 0.2) is 114 Å². The Labute approximate surface area is 202 Å². The maximum absolute atomic E-state index is 6.65. The van der Waals surface area contributed by atoms with E-state index < -0.39 is 14.8 Å². The molecule has 34 heavy (non-hydrogen) atoms. The number of dihydropyridines is 1. The van der Waals surface area contributed by atoms with Gasteiger partial charge in [0.05, 0.1) is 6.04 Å². The summed E-state index contributed by atoms with van der Waals surface area (Å²) in [4.78, 5) is 13.9. The van der Waals surface area contributed by atoms with Crippen LogP contribution in [0.4, 0.5) is 0 Å². The van der Waals surface area contributed by atoms with Crippen molar-refractivity contribution in [2.45, 2.75) is 11.3 Å². The summed E-state index contributed by atoms with van der Waals surface area (Å²) in [6.45, 7) is 0. The SMILES string of the molecule is C1=CC2C=CC=C([CH2][Al]([O]c3cccc4cccnc34)[O]c3cccc4cccnc34)C2N=C1. The minimum absolute atomic E-state index is 0.0912. The van der Waals surface area contributed by atoms with E-state index in [1.165, 1.54) is 5.57 Å². The molecule has 2 aliphatic rings. The van der Waals surface area contributed by atoms with Crippen LogP contribution in [-0.4, -0.2) is 37.0 Å². The molecule has 5 nitrogen and oxygen atoms in total. The van der Waals surface area contributed by atoms with Crippen LogP contribution in [0.25, 0.3) is 21.8 Å². The lowest BCUT2D eigenvalue weighted by molar-refractivity contribution is 0.426. The Bertz CT molecular complexity index is 1390. The van der Waals surface area contributed by atoms with E-state index in [1.807, 2.05) is 73.0 Å². The summed E-state index contributed by atoms with van der Waals surface area (Å²) in [5, 5.41) is 2.78. The lowest BCUT2D eigenvalue weighted by atomic mass is 9.88. The number of allylic oxidation sites excluding steroid dienone is 3. The molecule has 2 aromatic carbocycles. The molecule has 164 valence electrons. The number of nitrogens with zero attached hydrogens (tertiary/aromatic N) is 3. The fraction of sp³-hybridized carbons (Fsp3) is 0.107. The highest BCUT2D eigenvalue weighted by Gasteiger charge is 2.38. The number of hydrogen-bond acceptors (Lipinski definition) is 5. The number of aromatic nitrogens is 2. The molecular formula is C28H22AlN3O2. The Hall–Kier alpha value is -3.72. The number of fused-ring (bicyclic) bond motifs is 3. The number of para-hydroxylation sites is 2. The molecule has 0 bridgehead atoms. The molecule has 3 heterocycles. The molecule has 2 aromatic heterocycles. The third kappa shape index (κ3) is 4.14. The van der Waals surface area contributed by atoms with Crippen molar-refractivity contribution < 1.29 is 7.58 Å². The van der Waals surface area contributed by atoms with Crippen molar-refractivity contribution in [3.05, 3.63) is 109 Å². The summed E-state index contributed by atoms with van der Waals surface area (Å²) in [6, 6.07) is 20.1. The molecular weight excluding hydrogens is 437 g/mol. The van der Waals surface area contributed by atoms with Gasteiger partial charge in [0.2, 0.25) is 0 Å². The second-order valence-corrected chi connectivity index (χ2v) is 10.1. The van der Waals surface area contributed by atoms with Crippen molar-refractivity contribution >= 4 is 42.8 Å². The fourth-order valence-electron chi connectivity index (χ4n) is 4.56. The molecule has 0 radical (unpaired) electrons. The predicted octanol–water partition coefficient (Wildman–Crippen LogP) is 5.85. The highest BCUT2D eigenvalue weighted by Crippen LogP contribution is 2.32. The topological polar surface area (TPSA) is 56.6 Å². The monoisotopic (exact) mass is 459 g/mol. The van der Waals surface area contributed by atoms with Crippen LogP contribution in [0.2, 0.25) is 5.28 Å². The summed E-state index contributed by atoms with van der Waals surface area (Å²) < 4.78 is 13.3. The van der Waals surface area contributed by atoms with E-state index >= 15 is 0 Å². The molecule has 0 saturated carbocycles. The number of pyridine rings is 2. The van der Waals surface area contributed by atoms with E-state index in [-0.39, 0.29) is 12.0 Å². The first-order valence-corrected chi connectivity index (χ1v) is 13.2. The van der Waals surface area contributed by atoms with Crippen LogP contribution in [0.1, 0.15) is 0 Å². The van der Waals surface area contributed by atoms with E-state index in [1.54, 1.807) is 12.4 Å². The van der Waals surface area contributed by atoms with Crippen molar-refractivity contribution in [1.29, 1.82) is 0 Å². The molecule has 1 aliphatic carbocycles. The normalized spacial score (nSPS) is 18.5. The minimum atomic E-state index is -2.32. The van der Waals surface area contributed by atoms with Gasteiger partial charge in [0, 0.05) is 40.6 Å². The molecule has 0 N–H and O–H groups in total. The molecule has 2 atom stereocenters. The van der Waals surface area contributed by atoms with E-state index in [2.05, 4.69) is 34.3 Å². The Morgan fingerprint density at radius 3 is 2.03 bits per heavy atom. The van der Waals surface area contributed by atoms with Crippen molar-refractivity contribution in [3.8, 4) is 11.5 Å². The van der Waals surface area contributed by atoms with Gasteiger partial charge in [-0.1, -0.05) is 66.3 Å². The Balaban J connectivity index is 1.37. The van der Waals surface area contributed by atoms with Crippen LogP contribution >= 0.6 is 0 Å². The zero-order valence-corrected chi connectivity index (χ0v) is 19.6. The fourth-order valence-corrected chi connectivity index (χ4v) is 6.48. The largest absolute Gasteiger partial charge is 0.861 e. The highest BCUT2D eigenvalue weighted by molar-refractivity contribution is 6.47. The van der Waals surface area contributed by atoms with Gasteiger partial charge in [0.1, 0.15) is 22.5 Å². The van der Waals surface area contributed by atoms with Gasteiger partial charge in [-0.3, -0.25) is 15.0 Å². The Kier molecular flexibility index (Phi) is 5.68. The maximum Gasteiger partial charge on any atom is 0.861 e. The molecule has 4 aromatic rings. The summed E-state index contributed by atoms with van der Waals surface area (Å²) in [6.07, 6.45) is 16.2. The van der Waals surface area contributed by atoms with Gasteiger partial charge in [-0.2, -0.15) is 0 Å². The first-order valence-electron chi connectivity index (χ1n) is 11.4. The second-order valence-electron chi connectivity index (χ2n) is 8.36. The van der Waals surface area contributed by atoms with Gasteiger partial charge in [0.15, 0.2) is 0 Å². The molecule has 0 fully saturated rings. The molecule has 0 spiro atoms. The van der Waals surface area contributed by atoms with Crippen molar-refractivity contribution in [1.82, 2.24) is 9.97 Å². The average Bonchev–Trinajstić information content (AvgIpc) is 2.89. The van der Waals surface area contributed by atoms with Crippen molar-refractivity contribution in [2.24, 2.45) is 10.9 Å². The summed E-state index contributed by atoms with van der Waals surface area (Å²) in [5.74, 6) is 1.77. The minimum Gasteiger partial charge on any atom is -0.610 e. The van der Waals surface area contributed by atoms with E-state index in [0.29, 0.717) is 5.28 Å². The van der Waals surface area contributed by atoms with Gasteiger partial charge in [0.25, 0.3) is 0 Å². The molecule has 2 unspecified atom stereocenters. The van der Waals surface area contributed by atoms with E-state index in [0.717, 1.165) is 33.3 Å². The first-order chi connectivity index (χ1) is 16.8. The Morgan fingerprint density at radius 1 is 0.735 bits per heavy atom. The van der Waals surface area contributed by atoms with Gasteiger partial charge in [-0.05, 0) is 30.3 Å².